The molecule has 0 heterocycles. The Labute approximate surface area is 396 Å². The van der Waals surface area contributed by atoms with Crippen molar-refractivity contribution in [3.8, 4) is 17.2 Å². The van der Waals surface area contributed by atoms with Crippen molar-refractivity contribution in [3.63, 3.8) is 0 Å². The molecule has 0 fully saturated rings. The third-order valence-electron chi connectivity index (χ3n) is 10.7. The number of carboxylic acids is 2. The van der Waals surface area contributed by atoms with Gasteiger partial charge in [-0.3, -0.25) is 33.6 Å². The van der Waals surface area contributed by atoms with E-state index in [2.05, 4.69) is 31.9 Å². The Hall–Kier alpha value is -8.04. The summed E-state index contributed by atoms with van der Waals surface area (Å²) in [4.78, 5) is 107. The van der Waals surface area contributed by atoms with E-state index in [0.717, 1.165) is 0 Å². The molecule has 4 rings (SSSR count). The van der Waals surface area contributed by atoms with E-state index in [1.165, 1.54) is 74.5 Å². The molecule has 0 aliphatic heterocycles. The van der Waals surface area contributed by atoms with Gasteiger partial charge in [-0.15, -0.1) is 0 Å². The number of carbonyl (C=O) groups is 8. The van der Waals surface area contributed by atoms with Crippen LogP contribution in [-0.4, -0.2) is 127 Å². The number of carbonyl (C=O) groups excluding carboxylic acids is 6. The lowest BCUT2D eigenvalue weighted by Crippen LogP contribution is -2.61. The molecule has 0 radical (unpaired) electrons. The number of nitrogens with one attached hydrogen (secondary N) is 6. The van der Waals surface area contributed by atoms with Gasteiger partial charge < -0.3 is 68.3 Å². The van der Waals surface area contributed by atoms with E-state index >= 15 is 0 Å². The first kappa shape index (κ1) is 53.6. The van der Waals surface area contributed by atoms with Gasteiger partial charge in [0, 0.05) is 19.3 Å². The lowest BCUT2D eigenvalue weighted by molar-refractivity contribution is -0.144. The molecule has 0 unspecified atom stereocenters. The Morgan fingerprint density at radius 1 is 0.449 bits per heavy atom. The largest absolute Gasteiger partial charge is 0.508 e. The summed E-state index contributed by atoms with van der Waals surface area (Å²) in [5.41, 5.74) is 8.00. The topological polar surface area (TPSA) is 356 Å². The lowest BCUT2D eigenvalue weighted by atomic mass is 10.00. The molecular weight excluding hydrogens is 899 g/mol. The molecule has 14 N–H and O–H groups in total. The number of carboxylic acid groups (broad SMARTS) is 2. The summed E-state index contributed by atoms with van der Waals surface area (Å²) in [5.74, 6) is -9.72. The minimum atomic E-state index is -1.80. The minimum absolute atomic E-state index is 0.000127. The van der Waals surface area contributed by atoms with E-state index in [-0.39, 0.29) is 42.9 Å². The van der Waals surface area contributed by atoms with Gasteiger partial charge in [-0.05, 0) is 71.0 Å². The molecule has 21 nitrogen and oxygen atoms in total. The van der Waals surface area contributed by atoms with Crippen LogP contribution in [0, 0.1) is 5.92 Å². The lowest BCUT2D eigenvalue weighted by Gasteiger charge is -2.28. The van der Waals surface area contributed by atoms with E-state index in [9.17, 15) is 69.0 Å². The Morgan fingerprint density at radius 2 is 0.783 bits per heavy atom. The molecule has 6 amide bonds. The highest BCUT2D eigenvalue weighted by molar-refractivity contribution is 5.98. The van der Waals surface area contributed by atoms with Crippen LogP contribution >= 0.6 is 0 Å². The fraction of sp³-hybridized carbons (Fsp3) is 0.333. The van der Waals surface area contributed by atoms with Crippen LogP contribution in [-0.2, 0) is 64.0 Å². The number of aliphatic carboxylic acids is 2. The van der Waals surface area contributed by atoms with Gasteiger partial charge in [0.1, 0.15) is 53.5 Å². The molecule has 368 valence electrons. The maximum absolute atomic E-state index is 14.5. The first-order valence-corrected chi connectivity index (χ1v) is 21.7. The number of aromatic hydroxyl groups is 3. The number of amides is 6. The van der Waals surface area contributed by atoms with E-state index < -0.39 is 109 Å². The number of benzene rings is 4. The Morgan fingerprint density at radius 3 is 1.14 bits per heavy atom. The van der Waals surface area contributed by atoms with Crippen molar-refractivity contribution in [3.05, 3.63) is 125 Å². The van der Waals surface area contributed by atoms with Crippen LogP contribution in [0.1, 0.15) is 42.5 Å². The second kappa shape index (κ2) is 25.8. The average molecular weight is 956 g/mol. The van der Waals surface area contributed by atoms with Crippen LogP contribution in [0.3, 0.4) is 0 Å². The number of aliphatic hydroxyl groups excluding tert-OH is 1. The van der Waals surface area contributed by atoms with Crippen molar-refractivity contribution in [2.75, 3.05) is 6.61 Å². The minimum Gasteiger partial charge on any atom is -0.508 e. The Bertz CT molecular complexity index is 2400. The quantitative estimate of drug-likeness (QED) is 0.0399. The van der Waals surface area contributed by atoms with Gasteiger partial charge in [0.05, 0.1) is 19.1 Å². The van der Waals surface area contributed by atoms with Gasteiger partial charge in [-0.2, -0.15) is 0 Å². The number of phenolic OH excluding ortho intramolecular Hbond substituents is 3. The standard InChI is InChI=1S/C48H57N7O14/c1-26(2)41(48(68)69)55-46(66)38(24-40(60)61)53-45(65)35(21-27-6-4-3-5-7-27)50-43(63)36(22-29-10-16-32(58)17-11-29)51-44(64)37(23-30-12-18-33(59)19-13-30)52-47(67)39(25-56)54-42(62)34(49)20-28-8-14-31(57)15-9-28/h3-19,26,34-39,41,56-59H,20-25,49H2,1-2H3,(H,50,63)(H,51,64)(H,52,67)(H,53,65)(H,54,62)(H,55,66)(H,60,61)(H,68,69)/t34-,35-,36-,37-,38-,39-,41-/m0/s1. The second-order valence-corrected chi connectivity index (χ2v) is 16.6. The number of hydrogen-bond donors (Lipinski definition) is 13. The maximum Gasteiger partial charge on any atom is 0.326 e. The summed E-state index contributed by atoms with van der Waals surface area (Å²) >= 11 is 0. The molecule has 0 aliphatic rings. The van der Waals surface area contributed by atoms with Crippen molar-refractivity contribution < 1.29 is 69.0 Å². The number of nitrogens with two attached hydrogens (primary N) is 1. The normalized spacial score (nSPS) is 14.0. The Balaban J connectivity index is 1.64. The van der Waals surface area contributed by atoms with Crippen LogP contribution in [0.15, 0.2) is 103 Å². The maximum atomic E-state index is 14.5. The molecule has 7 atom stereocenters. The molecule has 0 aromatic heterocycles. The van der Waals surface area contributed by atoms with Gasteiger partial charge in [0.15, 0.2) is 0 Å². The Kier molecular flexibility index (Phi) is 20.0. The van der Waals surface area contributed by atoms with Gasteiger partial charge in [-0.25, -0.2) is 4.79 Å². The fourth-order valence-corrected chi connectivity index (χ4v) is 6.91. The van der Waals surface area contributed by atoms with Crippen molar-refractivity contribution in [1.29, 1.82) is 0 Å². The first-order chi connectivity index (χ1) is 32.7. The molecule has 0 saturated carbocycles. The van der Waals surface area contributed by atoms with Gasteiger partial charge in [-0.1, -0.05) is 80.6 Å². The smallest absolute Gasteiger partial charge is 0.326 e. The zero-order chi connectivity index (χ0) is 50.8. The average Bonchev–Trinajstić information content (AvgIpc) is 3.30. The van der Waals surface area contributed by atoms with Crippen LogP contribution in [0.4, 0.5) is 0 Å². The third kappa shape index (κ3) is 17.3. The monoisotopic (exact) mass is 955 g/mol. The van der Waals surface area contributed by atoms with Crippen molar-refractivity contribution in [1.82, 2.24) is 31.9 Å². The first-order valence-electron chi connectivity index (χ1n) is 21.7. The summed E-state index contributed by atoms with van der Waals surface area (Å²) < 4.78 is 0. The molecule has 4 aromatic carbocycles. The molecule has 0 bridgehead atoms. The second-order valence-electron chi connectivity index (χ2n) is 16.6. The molecule has 0 saturated heterocycles. The highest BCUT2D eigenvalue weighted by Crippen LogP contribution is 2.16. The number of hydrogen-bond acceptors (Lipinski definition) is 13. The number of rotatable bonds is 25. The van der Waals surface area contributed by atoms with Gasteiger partial charge in [0.2, 0.25) is 35.4 Å². The summed E-state index contributed by atoms with van der Waals surface area (Å²) in [6.45, 7) is 2.09. The van der Waals surface area contributed by atoms with E-state index in [4.69, 9.17) is 5.73 Å². The summed E-state index contributed by atoms with van der Waals surface area (Å²) in [6, 6.07) is 14.6. The summed E-state index contributed by atoms with van der Waals surface area (Å²) in [5, 5.41) is 73.6. The molecule has 0 aliphatic carbocycles. The van der Waals surface area contributed by atoms with Gasteiger partial charge in [0.25, 0.3) is 0 Å². The van der Waals surface area contributed by atoms with Crippen LogP contribution in [0.25, 0.3) is 0 Å². The predicted molar refractivity (Wildman–Crippen MR) is 247 cm³/mol. The van der Waals surface area contributed by atoms with Crippen molar-refractivity contribution in [2.24, 2.45) is 11.7 Å². The zero-order valence-corrected chi connectivity index (χ0v) is 37.7. The highest BCUT2D eigenvalue weighted by Gasteiger charge is 2.35. The van der Waals surface area contributed by atoms with Crippen molar-refractivity contribution >= 4 is 47.4 Å². The van der Waals surface area contributed by atoms with Crippen LogP contribution in [0.5, 0.6) is 17.2 Å². The van der Waals surface area contributed by atoms with Crippen molar-refractivity contribution in [2.45, 2.75) is 88.2 Å². The molecule has 0 spiro atoms. The van der Waals surface area contributed by atoms with Crippen LogP contribution in [0.2, 0.25) is 0 Å². The third-order valence-corrected chi connectivity index (χ3v) is 10.7. The fourth-order valence-electron chi connectivity index (χ4n) is 6.91. The molecule has 69 heavy (non-hydrogen) atoms. The molecule has 21 heteroatoms. The highest BCUT2D eigenvalue weighted by atomic mass is 16.4. The van der Waals surface area contributed by atoms with E-state index in [0.29, 0.717) is 22.3 Å². The van der Waals surface area contributed by atoms with Crippen LogP contribution < -0.4 is 37.6 Å². The summed E-state index contributed by atoms with van der Waals surface area (Å²) in [6.07, 6.45) is -1.73. The van der Waals surface area contributed by atoms with E-state index in [1.54, 1.807) is 42.5 Å². The zero-order valence-electron chi connectivity index (χ0n) is 37.7. The molecular formula is C48H57N7O14. The number of phenols is 3. The SMILES string of the molecule is CC(C)[C@H](NC(=O)[C@H](CC(=O)O)NC(=O)[C@H](Cc1ccccc1)NC(=O)[C@H](Cc1ccc(O)cc1)NC(=O)[C@H](Cc1ccc(O)cc1)NC(=O)[C@H](CO)NC(=O)[C@@H](N)Cc1ccc(O)cc1)C(=O)O. The van der Waals surface area contributed by atoms with E-state index in [1.807, 2.05) is 0 Å². The van der Waals surface area contributed by atoms with Gasteiger partial charge >= 0.3 is 11.9 Å². The predicted octanol–water partition coefficient (Wildman–Crippen LogP) is -0.482. The summed E-state index contributed by atoms with van der Waals surface area (Å²) in [7, 11) is 0. The molecule has 4 aromatic rings. The number of aliphatic hydroxyl groups is 1.